The Morgan fingerprint density at radius 1 is 1.29 bits per heavy atom. The molecule has 1 amide bonds. The van der Waals surface area contributed by atoms with Crippen LogP contribution < -0.4 is 14.9 Å². The highest BCUT2D eigenvalue weighted by molar-refractivity contribution is 9.10. The number of carbonyl (C=O) groups excluding carboxylic acids is 1. The van der Waals surface area contributed by atoms with Crippen molar-refractivity contribution in [2.24, 2.45) is 5.10 Å². The number of benzene rings is 2. The molecule has 0 aliphatic rings. The molecule has 2 aromatic carbocycles. The van der Waals surface area contributed by atoms with Gasteiger partial charge in [-0.15, -0.1) is 0 Å². The van der Waals surface area contributed by atoms with Crippen molar-refractivity contribution < 1.29 is 14.3 Å². The highest BCUT2D eigenvalue weighted by Gasteiger charge is 2.05. The van der Waals surface area contributed by atoms with Crippen molar-refractivity contribution in [2.75, 3.05) is 13.7 Å². The lowest BCUT2D eigenvalue weighted by Crippen LogP contribution is -2.24. The van der Waals surface area contributed by atoms with Crippen LogP contribution in [0.2, 0.25) is 5.02 Å². The van der Waals surface area contributed by atoms with Crippen molar-refractivity contribution in [3.05, 3.63) is 57.0 Å². The Morgan fingerprint density at radius 2 is 2.04 bits per heavy atom. The molecule has 1 N–H and O–H groups in total. The maximum atomic E-state index is 11.7. The summed E-state index contributed by atoms with van der Waals surface area (Å²) < 4.78 is 11.4. The van der Waals surface area contributed by atoms with Crippen molar-refractivity contribution in [1.82, 2.24) is 5.43 Å². The Labute approximate surface area is 153 Å². The third-order valence-electron chi connectivity index (χ3n) is 3.07. The fourth-order valence-corrected chi connectivity index (χ4v) is 2.68. The van der Waals surface area contributed by atoms with Crippen molar-refractivity contribution in [2.45, 2.75) is 6.92 Å². The highest BCUT2D eigenvalue weighted by atomic mass is 79.9. The Balaban J connectivity index is 1.85. The highest BCUT2D eigenvalue weighted by Crippen LogP contribution is 2.24. The lowest BCUT2D eigenvalue weighted by atomic mass is 10.2. The normalized spacial score (nSPS) is 10.7. The molecule has 0 aromatic heterocycles. The number of nitrogens with one attached hydrogen (secondary N) is 1. The third-order valence-corrected chi connectivity index (χ3v) is 3.93. The minimum atomic E-state index is -0.354. The Kier molecular flexibility index (Phi) is 6.63. The number of methoxy groups -OCH3 is 1. The SMILES string of the molecule is COc1ccc(/C=N\NC(=O)COc2ccc(Cl)cc2C)cc1Br. The zero-order valence-electron chi connectivity index (χ0n) is 13.2. The summed E-state index contributed by atoms with van der Waals surface area (Å²) in [5.41, 5.74) is 4.09. The standard InChI is InChI=1S/C17H16BrClN2O3/c1-11-7-13(19)4-6-15(11)24-10-17(22)21-20-9-12-3-5-16(23-2)14(18)8-12/h3-9H,10H2,1-2H3,(H,21,22)/b20-9-. The zero-order chi connectivity index (χ0) is 17.5. The fraction of sp³-hybridized carbons (Fsp3) is 0.176. The summed E-state index contributed by atoms with van der Waals surface area (Å²) in [6, 6.07) is 10.7. The van der Waals surface area contributed by atoms with E-state index in [2.05, 4.69) is 26.5 Å². The molecule has 0 radical (unpaired) electrons. The van der Waals surface area contributed by atoms with Crippen LogP contribution in [0.15, 0.2) is 46.0 Å². The topological polar surface area (TPSA) is 59.9 Å². The molecule has 5 nitrogen and oxygen atoms in total. The molecule has 0 heterocycles. The van der Waals surface area contributed by atoms with Gasteiger partial charge in [-0.3, -0.25) is 4.79 Å². The van der Waals surface area contributed by atoms with E-state index in [1.807, 2.05) is 19.1 Å². The van der Waals surface area contributed by atoms with Crippen LogP contribution >= 0.6 is 27.5 Å². The van der Waals surface area contributed by atoms with E-state index in [0.717, 1.165) is 21.3 Å². The zero-order valence-corrected chi connectivity index (χ0v) is 15.5. The third kappa shape index (κ3) is 5.25. The number of nitrogens with zero attached hydrogens (tertiary/aromatic N) is 1. The number of aryl methyl sites for hydroxylation is 1. The molecule has 2 aromatic rings. The maximum absolute atomic E-state index is 11.7. The van der Waals surface area contributed by atoms with Crippen molar-refractivity contribution >= 4 is 39.7 Å². The molecule has 0 saturated heterocycles. The van der Waals surface area contributed by atoms with Gasteiger partial charge in [0.1, 0.15) is 11.5 Å². The Morgan fingerprint density at radius 3 is 2.71 bits per heavy atom. The number of hydrogen-bond donors (Lipinski definition) is 1. The van der Waals surface area contributed by atoms with E-state index in [0.29, 0.717) is 10.8 Å². The molecule has 0 unspecified atom stereocenters. The Hall–Kier alpha value is -2.05. The number of halogens is 2. The number of carbonyl (C=O) groups is 1. The van der Waals surface area contributed by atoms with Crippen LogP contribution in [0, 0.1) is 6.92 Å². The molecule has 0 atom stereocenters. The lowest BCUT2D eigenvalue weighted by molar-refractivity contribution is -0.123. The summed E-state index contributed by atoms with van der Waals surface area (Å²) in [4.78, 5) is 11.7. The second-order valence-corrected chi connectivity index (χ2v) is 6.18. The van der Waals surface area contributed by atoms with Crippen LogP contribution in [0.5, 0.6) is 11.5 Å². The van der Waals surface area contributed by atoms with E-state index in [9.17, 15) is 4.79 Å². The van der Waals surface area contributed by atoms with E-state index in [4.69, 9.17) is 21.1 Å². The molecule has 0 aliphatic carbocycles. The minimum Gasteiger partial charge on any atom is -0.496 e. The maximum Gasteiger partial charge on any atom is 0.277 e. The summed E-state index contributed by atoms with van der Waals surface area (Å²) in [6.45, 7) is 1.73. The summed E-state index contributed by atoms with van der Waals surface area (Å²) in [7, 11) is 1.59. The average molecular weight is 412 g/mol. The smallest absolute Gasteiger partial charge is 0.277 e. The molecule has 126 valence electrons. The van der Waals surface area contributed by atoms with Gasteiger partial charge in [0.05, 0.1) is 17.8 Å². The first-order valence-electron chi connectivity index (χ1n) is 7.04. The van der Waals surface area contributed by atoms with Gasteiger partial charge in [0, 0.05) is 5.02 Å². The first-order chi connectivity index (χ1) is 11.5. The second-order valence-electron chi connectivity index (χ2n) is 4.89. The molecule has 0 fully saturated rings. The van der Waals surface area contributed by atoms with E-state index >= 15 is 0 Å². The first-order valence-corrected chi connectivity index (χ1v) is 8.21. The molecule has 2 rings (SSSR count). The van der Waals surface area contributed by atoms with Crippen molar-refractivity contribution in [3.8, 4) is 11.5 Å². The summed E-state index contributed by atoms with van der Waals surface area (Å²) >= 11 is 9.26. The summed E-state index contributed by atoms with van der Waals surface area (Å²) in [5, 5.41) is 4.52. The van der Waals surface area contributed by atoms with Crippen LogP contribution in [-0.2, 0) is 4.79 Å². The first kappa shape index (κ1) is 18.3. The molecule has 0 spiro atoms. The van der Waals surface area contributed by atoms with Gasteiger partial charge in [-0.1, -0.05) is 11.6 Å². The summed E-state index contributed by atoms with van der Waals surface area (Å²) in [5.74, 6) is 0.980. The quantitative estimate of drug-likeness (QED) is 0.578. The number of amides is 1. The van der Waals surface area contributed by atoms with E-state index in [-0.39, 0.29) is 12.5 Å². The van der Waals surface area contributed by atoms with Gasteiger partial charge < -0.3 is 9.47 Å². The van der Waals surface area contributed by atoms with Crippen LogP contribution in [0.1, 0.15) is 11.1 Å². The largest absolute Gasteiger partial charge is 0.496 e. The van der Waals surface area contributed by atoms with Gasteiger partial charge in [0.25, 0.3) is 5.91 Å². The summed E-state index contributed by atoms with van der Waals surface area (Å²) in [6.07, 6.45) is 1.54. The molecule has 0 bridgehead atoms. The van der Waals surface area contributed by atoms with Gasteiger partial charge in [-0.25, -0.2) is 5.43 Å². The van der Waals surface area contributed by atoms with Gasteiger partial charge >= 0.3 is 0 Å². The molecule has 24 heavy (non-hydrogen) atoms. The fourth-order valence-electron chi connectivity index (χ4n) is 1.89. The number of rotatable bonds is 6. The van der Waals surface area contributed by atoms with Gasteiger partial charge in [0.2, 0.25) is 0 Å². The average Bonchev–Trinajstić information content (AvgIpc) is 2.54. The van der Waals surface area contributed by atoms with Crippen molar-refractivity contribution in [1.29, 1.82) is 0 Å². The van der Waals surface area contributed by atoms with Crippen LogP contribution in [0.4, 0.5) is 0 Å². The lowest BCUT2D eigenvalue weighted by Gasteiger charge is -2.08. The van der Waals surface area contributed by atoms with Crippen LogP contribution in [0.25, 0.3) is 0 Å². The molecule has 0 saturated carbocycles. The predicted molar refractivity (Wildman–Crippen MR) is 98.1 cm³/mol. The molecule has 7 heteroatoms. The van der Waals surface area contributed by atoms with Crippen molar-refractivity contribution in [3.63, 3.8) is 0 Å². The molecular formula is C17H16BrClN2O3. The van der Waals surface area contributed by atoms with Crippen LogP contribution in [-0.4, -0.2) is 25.8 Å². The van der Waals surface area contributed by atoms with E-state index < -0.39 is 0 Å². The van der Waals surface area contributed by atoms with Gasteiger partial charge in [-0.05, 0) is 70.4 Å². The molecular weight excluding hydrogens is 396 g/mol. The van der Waals surface area contributed by atoms with E-state index in [1.165, 1.54) is 6.21 Å². The predicted octanol–water partition coefficient (Wildman–Crippen LogP) is 3.95. The number of hydrogen-bond acceptors (Lipinski definition) is 4. The second kappa shape index (κ2) is 8.70. The Bertz CT molecular complexity index is 765. The monoisotopic (exact) mass is 410 g/mol. The number of ether oxygens (including phenoxy) is 2. The number of hydrazone groups is 1. The molecule has 0 aliphatic heterocycles. The van der Waals surface area contributed by atoms with Crippen LogP contribution in [0.3, 0.4) is 0 Å². The van der Waals surface area contributed by atoms with Gasteiger partial charge in [0.15, 0.2) is 6.61 Å². The minimum absolute atomic E-state index is 0.133. The van der Waals surface area contributed by atoms with Gasteiger partial charge in [-0.2, -0.15) is 5.10 Å². The van der Waals surface area contributed by atoms with E-state index in [1.54, 1.807) is 31.4 Å².